The summed E-state index contributed by atoms with van der Waals surface area (Å²) in [4.78, 5) is 19.6. The molecule has 0 N–H and O–H groups in total. The molecule has 0 bridgehead atoms. The maximum absolute atomic E-state index is 14.0. The molecule has 2 aromatic carbocycles. The van der Waals surface area contributed by atoms with E-state index in [-0.39, 0.29) is 17.5 Å². The Hall–Kier alpha value is -3.76. The van der Waals surface area contributed by atoms with E-state index in [0.717, 1.165) is 60.5 Å². The van der Waals surface area contributed by atoms with E-state index in [9.17, 15) is 13.6 Å². The zero-order valence-electron chi connectivity index (χ0n) is 20.3. The van der Waals surface area contributed by atoms with Crippen molar-refractivity contribution in [2.75, 3.05) is 31.2 Å². The summed E-state index contributed by atoms with van der Waals surface area (Å²) in [5.41, 5.74) is -0.00173. The van der Waals surface area contributed by atoms with E-state index in [0.29, 0.717) is 28.0 Å². The van der Waals surface area contributed by atoms with Crippen LogP contribution in [0, 0.1) is 17.0 Å². The summed E-state index contributed by atoms with van der Waals surface area (Å²) in [6.07, 6.45) is 4.98. The summed E-state index contributed by atoms with van der Waals surface area (Å²) in [7, 11) is 0. The minimum atomic E-state index is -0.722. The Morgan fingerprint density at radius 2 is 1.74 bits per heavy atom. The van der Waals surface area contributed by atoms with Gasteiger partial charge in [0.05, 0.1) is 17.3 Å². The highest BCUT2D eigenvalue weighted by molar-refractivity contribution is 6.32. The molecule has 11 heteroatoms. The number of rotatable bonds is 6. The van der Waals surface area contributed by atoms with Crippen LogP contribution in [0.2, 0.25) is 5.02 Å². The minimum absolute atomic E-state index is 0.202. The van der Waals surface area contributed by atoms with Crippen molar-refractivity contribution in [1.82, 2.24) is 19.3 Å². The fraction of sp³-hybridized carbons (Fsp3) is 0.296. The SMILES string of the molecule is O=c1n(Cc2c(F)cccc2F)cnn1-c1ccc(Oc2c(Cl)ccnc2N2CC3(CCOCC3)C2)cc1. The number of aromatic nitrogens is 4. The van der Waals surface area contributed by atoms with Crippen molar-refractivity contribution in [3.05, 3.63) is 93.8 Å². The Bertz CT molecular complexity index is 1500. The van der Waals surface area contributed by atoms with Crippen molar-refractivity contribution in [2.45, 2.75) is 19.4 Å². The molecule has 0 unspecified atom stereocenters. The lowest BCUT2D eigenvalue weighted by molar-refractivity contribution is -0.000560. The summed E-state index contributed by atoms with van der Waals surface area (Å²) >= 11 is 6.50. The fourth-order valence-corrected chi connectivity index (χ4v) is 5.19. The van der Waals surface area contributed by atoms with Crippen LogP contribution >= 0.6 is 11.6 Å². The predicted molar refractivity (Wildman–Crippen MR) is 137 cm³/mol. The van der Waals surface area contributed by atoms with Crippen LogP contribution in [-0.4, -0.2) is 45.6 Å². The van der Waals surface area contributed by atoms with Crippen molar-refractivity contribution < 1.29 is 18.3 Å². The minimum Gasteiger partial charge on any atom is -0.452 e. The second-order valence-electron chi connectivity index (χ2n) is 9.66. The van der Waals surface area contributed by atoms with Gasteiger partial charge < -0.3 is 14.4 Å². The van der Waals surface area contributed by atoms with Gasteiger partial charge in [-0.3, -0.25) is 4.57 Å². The highest BCUT2D eigenvalue weighted by atomic mass is 35.5. The van der Waals surface area contributed by atoms with Crippen molar-refractivity contribution in [3.8, 4) is 17.2 Å². The number of nitrogens with zero attached hydrogens (tertiary/aromatic N) is 5. The smallest absolute Gasteiger partial charge is 0.350 e. The molecule has 38 heavy (non-hydrogen) atoms. The number of hydrogen-bond donors (Lipinski definition) is 0. The standard InChI is InChI=1S/C27H24ClF2N5O3/c28-21-8-11-31-25(34-15-27(16-34)9-12-37-13-10-27)24(21)38-19-6-4-18(5-7-19)35-26(36)33(17-32-35)14-20-22(29)2-1-3-23(20)30/h1-8,11,17H,9-10,12-16H2. The van der Waals surface area contributed by atoms with E-state index < -0.39 is 17.3 Å². The first-order valence-electron chi connectivity index (χ1n) is 12.3. The highest BCUT2D eigenvalue weighted by Crippen LogP contribution is 2.46. The number of benzene rings is 2. The van der Waals surface area contributed by atoms with Gasteiger partial charge in [-0.05, 0) is 55.3 Å². The van der Waals surface area contributed by atoms with Crippen LogP contribution < -0.4 is 15.3 Å². The van der Waals surface area contributed by atoms with Crippen molar-refractivity contribution in [3.63, 3.8) is 0 Å². The van der Waals surface area contributed by atoms with E-state index in [4.69, 9.17) is 21.1 Å². The van der Waals surface area contributed by atoms with Crippen LogP contribution in [0.25, 0.3) is 5.69 Å². The largest absolute Gasteiger partial charge is 0.452 e. The average molecular weight is 540 g/mol. The Kier molecular flexibility index (Phi) is 6.37. The number of anilines is 1. The van der Waals surface area contributed by atoms with Crippen LogP contribution in [0.4, 0.5) is 14.6 Å². The molecule has 2 aliphatic rings. The lowest BCUT2D eigenvalue weighted by Crippen LogP contribution is -2.58. The van der Waals surface area contributed by atoms with Crippen LogP contribution in [0.1, 0.15) is 18.4 Å². The molecule has 0 atom stereocenters. The summed E-state index contributed by atoms with van der Waals surface area (Å²) in [6, 6.07) is 12.0. The molecule has 0 amide bonds. The van der Waals surface area contributed by atoms with Gasteiger partial charge in [-0.15, -0.1) is 0 Å². The maximum atomic E-state index is 14.0. The van der Waals surface area contributed by atoms with Gasteiger partial charge in [0.1, 0.15) is 23.7 Å². The number of ether oxygens (including phenoxy) is 2. The molecule has 4 aromatic rings. The van der Waals surface area contributed by atoms with E-state index in [2.05, 4.69) is 15.0 Å². The molecule has 4 heterocycles. The first-order chi connectivity index (χ1) is 18.4. The third-order valence-electron chi connectivity index (χ3n) is 7.17. The van der Waals surface area contributed by atoms with Gasteiger partial charge in [0.25, 0.3) is 0 Å². The van der Waals surface area contributed by atoms with Crippen LogP contribution in [0.15, 0.2) is 65.8 Å². The van der Waals surface area contributed by atoms with Crippen LogP contribution in [0.3, 0.4) is 0 Å². The van der Waals surface area contributed by atoms with Gasteiger partial charge in [-0.2, -0.15) is 9.78 Å². The summed E-state index contributed by atoms with van der Waals surface area (Å²) < 4.78 is 42.0. The molecule has 0 aliphatic carbocycles. The lowest BCUT2D eigenvalue weighted by Gasteiger charge is -2.52. The van der Waals surface area contributed by atoms with Gasteiger partial charge in [-0.1, -0.05) is 17.7 Å². The second-order valence-corrected chi connectivity index (χ2v) is 10.1. The van der Waals surface area contributed by atoms with E-state index in [1.54, 1.807) is 36.5 Å². The molecular formula is C27H24ClF2N5O3. The predicted octanol–water partition coefficient (Wildman–Crippen LogP) is 4.82. The molecular weight excluding hydrogens is 516 g/mol. The molecule has 2 fully saturated rings. The molecule has 196 valence electrons. The third-order valence-corrected chi connectivity index (χ3v) is 7.47. The highest BCUT2D eigenvalue weighted by Gasteiger charge is 2.45. The summed E-state index contributed by atoms with van der Waals surface area (Å²) in [5.74, 6) is 0.222. The molecule has 2 aliphatic heterocycles. The number of hydrogen-bond acceptors (Lipinski definition) is 6. The monoisotopic (exact) mass is 539 g/mol. The maximum Gasteiger partial charge on any atom is 0.350 e. The normalized spacial score (nSPS) is 16.4. The summed E-state index contributed by atoms with van der Waals surface area (Å²) in [6.45, 7) is 3.05. The molecule has 8 nitrogen and oxygen atoms in total. The topological polar surface area (TPSA) is 74.4 Å². The first kappa shape index (κ1) is 24.6. The molecule has 1 spiro atoms. The Balaban J connectivity index is 1.19. The van der Waals surface area contributed by atoms with Crippen molar-refractivity contribution >= 4 is 17.4 Å². The van der Waals surface area contributed by atoms with E-state index in [1.165, 1.54) is 12.4 Å². The van der Waals surface area contributed by atoms with Gasteiger partial charge in [-0.25, -0.2) is 18.6 Å². The molecule has 6 rings (SSSR count). The summed E-state index contributed by atoms with van der Waals surface area (Å²) in [5, 5.41) is 4.55. The quantitative estimate of drug-likeness (QED) is 0.350. The van der Waals surface area contributed by atoms with Gasteiger partial charge in [0.2, 0.25) is 0 Å². The lowest BCUT2D eigenvalue weighted by atomic mass is 9.73. The third kappa shape index (κ3) is 4.54. The second kappa shape index (κ2) is 9.85. The molecule has 2 aromatic heterocycles. The fourth-order valence-electron chi connectivity index (χ4n) is 5.01. The van der Waals surface area contributed by atoms with Crippen molar-refractivity contribution in [1.29, 1.82) is 0 Å². The Labute approximate surface area is 222 Å². The van der Waals surface area contributed by atoms with Crippen LogP contribution in [-0.2, 0) is 11.3 Å². The van der Waals surface area contributed by atoms with Gasteiger partial charge >= 0.3 is 5.69 Å². The van der Waals surface area contributed by atoms with E-state index in [1.807, 2.05) is 0 Å². The van der Waals surface area contributed by atoms with Crippen LogP contribution in [0.5, 0.6) is 11.5 Å². The average Bonchev–Trinajstić information content (AvgIpc) is 3.27. The number of halogens is 3. The zero-order valence-corrected chi connectivity index (χ0v) is 21.1. The molecule has 0 radical (unpaired) electrons. The van der Waals surface area contributed by atoms with Crippen molar-refractivity contribution in [2.24, 2.45) is 5.41 Å². The Morgan fingerprint density at radius 1 is 1.03 bits per heavy atom. The Morgan fingerprint density at radius 3 is 2.45 bits per heavy atom. The first-order valence-corrected chi connectivity index (χ1v) is 12.6. The van der Waals surface area contributed by atoms with E-state index >= 15 is 0 Å². The molecule has 0 saturated carbocycles. The zero-order chi connectivity index (χ0) is 26.3. The van der Waals surface area contributed by atoms with Gasteiger partial charge in [0.15, 0.2) is 11.6 Å². The van der Waals surface area contributed by atoms with Gasteiger partial charge in [0, 0.05) is 43.5 Å². The molecule has 2 saturated heterocycles. The number of pyridine rings is 1.